The molecule has 0 aliphatic heterocycles. The molecule has 0 unspecified atom stereocenters. The molecule has 136 valence electrons. The van der Waals surface area contributed by atoms with Gasteiger partial charge in [-0.15, -0.1) is 10.2 Å². The molecule has 0 bridgehead atoms. The first-order valence-corrected chi connectivity index (χ1v) is 10.2. The van der Waals surface area contributed by atoms with Crippen LogP contribution in [0.15, 0.2) is 38.6 Å². The minimum atomic E-state index is 0.0600. The second-order valence-electron chi connectivity index (χ2n) is 6.61. The van der Waals surface area contributed by atoms with Crippen LogP contribution in [0.25, 0.3) is 10.9 Å². The lowest BCUT2D eigenvalue weighted by Crippen LogP contribution is -2.29. The molecule has 4 rings (SSSR count). The largest absolute Gasteiger partial charge is 0.424 e. The smallest absolute Gasteiger partial charge is 0.262 e. The Morgan fingerprint density at radius 2 is 1.92 bits per heavy atom. The number of thioether (sulfide) groups is 1. The summed E-state index contributed by atoms with van der Waals surface area (Å²) in [7, 11) is 0. The minimum absolute atomic E-state index is 0.0600. The van der Waals surface area contributed by atoms with Crippen LogP contribution in [0.3, 0.4) is 0 Å². The van der Waals surface area contributed by atoms with Crippen LogP contribution in [-0.2, 0) is 12.2 Å². The quantitative estimate of drug-likeness (QED) is 0.496. The molecule has 26 heavy (non-hydrogen) atoms. The highest BCUT2D eigenvalue weighted by Crippen LogP contribution is 2.31. The molecule has 0 spiro atoms. The molecule has 1 aromatic carbocycles. The molecule has 2 heterocycles. The molecule has 0 saturated heterocycles. The maximum atomic E-state index is 13.2. The number of benzene rings is 1. The van der Waals surface area contributed by atoms with Gasteiger partial charge in [0.1, 0.15) is 0 Å². The van der Waals surface area contributed by atoms with Crippen molar-refractivity contribution in [3.05, 3.63) is 46.4 Å². The van der Waals surface area contributed by atoms with Crippen molar-refractivity contribution in [3.8, 4) is 0 Å². The third kappa shape index (κ3) is 3.40. The van der Waals surface area contributed by atoms with E-state index in [0.717, 1.165) is 42.8 Å². The van der Waals surface area contributed by atoms with Gasteiger partial charge < -0.3 is 4.42 Å². The average molecular weight is 370 g/mol. The number of hydrogen-bond donors (Lipinski definition) is 0. The molecular formula is C19H22N4O2S. The van der Waals surface area contributed by atoms with Crippen LogP contribution < -0.4 is 5.56 Å². The summed E-state index contributed by atoms with van der Waals surface area (Å²) >= 11 is 1.50. The van der Waals surface area contributed by atoms with E-state index in [1.165, 1.54) is 18.2 Å². The monoisotopic (exact) mass is 370 g/mol. The van der Waals surface area contributed by atoms with Crippen LogP contribution in [0.4, 0.5) is 0 Å². The van der Waals surface area contributed by atoms with Crippen LogP contribution in [0.1, 0.15) is 56.9 Å². The summed E-state index contributed by atoms with van der Waals surface area (Å²) in [6.07, 6.45) is 6.37. The van der Waals surface area contributed by atoms with Gasteiger partial charge in [0.25, 0.3) is 5.56 Å². The van der Waals surface area contributed by atoms with Crippen molar-refractivity contribution < 1.29 is 4.42 Å². The second-order valence-corrected chi connectivity index (χ2v) is 7.55. The lowest BCUT2D eigenvalue weighted by atomic mass is 9.95. The van der Waals surface area contributed by atoms with E-state index in [1.54, 1.807) is 0 Å². The van der Waals surface area contributed by atoms with E-state index in [-0.39, 0.29) is 11.6 Å². The summed E-state index contributed by atoms with van der Waals surface area (Å²) in [5, 5.41) is 9.52. The Hall–Kier alpha value is -2.15. The fourth-order valence-electron chi connectivity index (χ4n) is 3.50. The van der Waals surface area contributed by atoms with Crippen molar-refractivity contribution in [2.24, 2.45) is 0 Å². The van der Waals surface area contributed by atoms with Gasteiger partial charge in [-0.25, -0.2) is 4.98 Å². The number of fused-ring (bicyclic) bond motifs is 1. The zero-order valence-corrected chi connectivity index (χ0v) is 15.7. The summed E-state index contributed by atoms with van der Waals surface area (Å²) in [5.74, 6) is 1.73. The highest BCUT2D eigenvalue weighted by molar-refractivity contribution is 7.98. The number of nitrogens with zero attached hydrogens (tertiary/aromatic N) is 4. The van der Waals surface area contributed by atoms with E-state index in [0.29, 0.717) is 22.9 Å². The SMILES string of the molecule is CCc1nnc(CSc2nc3ccccc3c(=O)n2C2CCCCC2)o1. The Bertz CT molecular complexity index is 960. The number of rotatable bonds is 5. The summed E-state index contributed by atoms with van der Waals surface area (Å²) in [6, 6.07) is 7.80. The van der Waals surface area contributed by atoms with Crippen molar-refractivity contribution >= 4 is 22.7 Å². The van der Waals surface area contributed by atoms with Gasteiger partial charge in [-0.3, -0.25) is 9.36 Å². The van der Waals surface area contributed by atoms with Crippen LogP contribution in [-0.4, -0.2) is 19.7 Å². The number of aryl methyl sites for hydroxylation is 1. The van der Waals surface area contributed by atoms with Gasteiger partial charge >= 0.3 is 0 Å². The summed E-state index contributed by atoms with van der Waals surface area (Å²) in [5.41, 5.74) is 0.802. The van der Waals surface area contributed by atoms with Gasteiger partial charge in [-0.1, -0.05) is 50.1 Å². The molecule has 0 atom stereocenters. The summed E-state index contributed by atoms with van der Waals surface area (Å²) in [6.45, 7) is 1.98. The molecular weight excluding hydrogens is 348 g/mol. The molecule has 0 amide bonds. The molecule has 1 aliphatic rings. The zero-order chi connectivity index (χ0) is 17.9. The second kappa shape index (κ2) is 7.61. The molecule has 0 radical (unpaired) electrons. The van der Waals surface area contributed by atoms with Gasteiger partial charge in [-0.05, 0) is 25.0 Å². The Labute approximate surface area is 156 Å². The normalized spacial score (nSPS) is 15.6. The highest BCUT2D eigenvalue weighted by Gasteiger charge is 2.22. The predicted molar refractivity (Wildman–Crippen MR) is 101 cm³/mol. The van der Waals surface area contributed by atoms with Gasteiger partial charge in [0, 0.05) is 12.5 Å². The average Bonchev–Trinajstić information content (AvgIpc) is 3.15. The van der Waals surface area contributed by atoms with E-state index in [4.69, 9.17) is 9.40 Å². The van der Waals surface area contributed by atoms with E-state index in [1.807, 2.05) is 35.8 Å². The maximum absolute atomic E-state index is 13.2. The first-order chi connectivity index (χ1) is 12.8. The standard InChI is InChI=1S/C19H22N4O2S/c1-2-16-21-22-17(25-16)12-26-19-20-15-11-7-6-10-14(15)18(24)23(19)13-8-4-3-5-9-13/h6-7,10-11,13H,2-5,8-9,12H2,1H3. The van der Waals surface area contributed by atoms with Crippen LogP contribution in [0.2, 0.25) is 0 Å². The molecule has 1 saturated carbocycles. The van der Waals surface area contributed by atoms with Crippen LogP contribution in [0.5, 0.6) is 0 Å². The Kier molecular flexibility index (Phi) is 5.06. The minimum Gasteiger partial charge on any atom is -0.424 e. The maximum Gasteiger partial charge on any atom is 0.262 e. The van der Waals surface area contributed by atoms with E-state index >= 15 is 0 Å². The van der Waals surface area contributed by atoms with E-state index < -0.39 is 0 Å². The first kappa shape index (κ1) is 17.3. The van der Waals surface area contributed by atoms with E-state index in [2.05, 4.69) is 10.2 Å². The zero-order valence-electron chi connectivity index (χ0n) is 14.9. The summed E-state index contributed by atoms with van der Waals surface area (Å²) in [4.78, 5) is 18.0. The molecule has 2 aromatic heterocycles. The third-order valence-electron chi connectivity index (χ3n) is 4.85. The van der Waals surface area contributed by atoms with Gasteiger partial charge in [0.15, 0.2) is 5.16 Å². The summed E-state index contributed by atoms with van der Waals surface area (Å²) < 4.78 is 7.51. The number of para-hydroxylation sites is 1. The van der Waals surface area contributed by atoms with Gasteiger partial charge in [0.05, 0.1) is 16.7 Å². The van der Waals surface area contributed by atoms with Crippen LogP contribution >= 0.6 is 11.8 Å². The van der Waals surface area contributed by atoms with Crippen molar-refractivity contribution in [3.63, 3.8) is 0 Å². The molecule has 7 heteroatoms. The molecule has 1 aliphatic carbocycles. The van der Waals surface area contributed by atoms with Gasteiger partial charge in [-0.2, -0.15) is 0 Å². The fourth-order valence-corrected chi connectivity index (χ4v) is 4.41. The van der Waals surface area contributed by atoms with Crippen molar-refractivity contribution in [2.75, 3.05) is 0 Å². The van der Waals surface area contributed by atoms with Crippen molar-refractivity contribution in [1.29, 1.82) is 0 Å². The molecule has 1 fully saturated rings. The lowest BCUT2D eigenvalue weighted by Gasteiger charge is -2.26. The fraction of sp³-hybridized carbons (Fsp3) is 0.474. The number of aromatic nitrogens is 4. The van der Waals surface area contributed by atoms with Gasteiger partial charge in [0.2, 0.25) is 11.8 Å². The molecule has 6 nitrogen and oxygen atoms in total. The molecule has 0 N–H and O–H groups in total. The number of hydrogen-bond acceptors (Lipinski definition) is 6. The van der Waals surface area contributed by atoms with E-state index in [9.17, 15) is 4.79 Å². The van der Waals surface area contributed by atoms with Crippen molar-refractivity contribution in [2.45, 2.75) is 62.4 Å². The Morgan fingerprint density at radius 3 is 2.69 bits per heavy atom. The van der Waals surface area contributed by atoms with Crippen LogP contribution in [0, 0.1) is 0 Å². The lowest BCUT2D eigenvalue weighted by molar-refractivity contribution is 0.326. The third-order valence-corrected chi connectivity index (χ3v) is 5.79. The highest BCUT2D eigenvalue weighted by atomic mass is 32.2. The van der Waals surface area contributed by atoms with Crippen molar-refractivity contribution in [1.82, 2.24) is 19.7 Å². The molecule has 3 aromatic rings. The topological polar surface area (TPSA) is 73.8 Å². The first-order valence-electron chi connectivity index (χ1n) is 9.21. The Morgan fingerprint density at radius 1 is 1.15 bits per heavy atom. The predicted octanol–water partition coefficient (Wildman–Crippen LogP) is 4.14. The Balaban J connectivity index is 1.71.